The Morgan fingerprint density at radius 1 is 0.317 bits per heavy atom. The van der Waals surface area contributed by atoms with Gasteiger partial charge in [0.25, 0.3) is 0 Å². The average molecular weight is 1080 g/mol. The molecule has 0 heterocycles. The second-order valence-electron chi connectivity index (χ2n) is 19.2. The van der Waals surface area contributed by atoms with Crippen molar-refractivity contribution in [3.8, 4) is 66.8 Å². The molecule has 10 aromatic rings. The van der Waals surface area contributed by atoms with Crippen LogP contribution in [0.3, 0.4) is 0 Å². The van der Waals surface area contributed by atoms with Gasteiger partial charge in [-0.05, 0) is 186 Å². The van der Waals surface area contributed by atoms with E-state index in [1.807, 2.05) is 105 Å². The van der Waals surface area contributed by atoms with Crippen LogP contribution >= 0.6 is 0 Å². The van der Waals surface area contributed by atoms with E-state index in [0.29, 0.717) is 0 Å². The first-order valence-electron chi connectivity index (χ1n) is 29.6. The van der Waals surface area contributed by atoms with Crippen molar-refractivity contribution in [1.29, 1.82) is 0 Å². The molecule has 0 bridgehead atoms. The van der Waals surface area contributed by atoms with E-state index in [2.05, 4.69) is 273 Å². The molecule has 0 nitrogen and oxygen atoms in total. The van der Waals surface area contributed by atoms with Crippen LogP contribution in [0.2, 0.25) is 0 Å². The molecule has 422 valence electrons. The maximum atomic E-state index is 4.14. The number of hydrogen-bond acceptors (Lipinski definition) is 0. The van der Waals surface area contributed by atoms with Crippen LogP contribution in [0.25, 0.3) is 77.9 Å². The Balaban J connectivity index is 0.000000283. The van der Waals surface area contributed by atoms with Gasteiger partial charge >= 0.3 is 0 Å². The van der Waals surface area contributed by atoms with E-state index in [0.717, 1.165) is 12.0 Å². The molecule has 0 spiro atoms. The number of benzene rings is 10. The molecule has 0 aliphatic carbocycles. The van der Waals surface area contributed by atoms with E-state index < -0.39 is 0 Å². The molecule has 0 fully saturated rings. The van der Waals surface area contributed by atoms with Crippen molar-refractivity contribution in [2.75, 3.05) is 0 Å². The van der Waals surface area contributed by atoms with Crippen molar-refractivity contribution in [2.24, 2.45) is 0 Å². The first-order valence-corrected chi connectivity index (χ1v) is 29.6. The standard InChI is InChI=1S/C22H22.C22H20.C21H18.C7H8.C4H8.3C2H6/c1-15-9-5-7-11-19(15)21-13-14-22(18(4)17(21)3)20-12-8-6-10-16(20)2;1-3-17(2)19-11-7-13-21(15-19)22-14-8-12-20(16-22)18-9-5-4-6-10-18;1-16(2)20-9-6-10-21(15-20)19-13-11-18(12-14-19)17-7-4-3-5-8-17;1-7-5-3-2-4-6-7;1-3-4-2;3*1-2/h5-14H,1-4H3;4-16H,2-3H2,1H3;3-15H,1H2,2H3;2-6H,1H3;3-4H,1-2H3;3*1-2H3/b;;;;4-3+;;;. The van der Waals surface area contributed by atoms with E-state index in [4.69, 9.17) is 0 Å². The van der Waals surface area contributed by atoms with Gasteiger partial charge in [0.1, 0.15) is 0 Å². The molecule has 0 heteroatoms. The molecule has 0 amide bonds. The fourth-order valence-electron chi connectivity index (χ4n) is 8.77. The van der Waals surface area contributed by atoms with E-state index >= 15 is 0 Å². The zero-order valence-electron chi connectivity index (χ0n) is 52.4. The summed E-state index contributed by atoms with van der Waals surface area (Å²) >= 11 is 0. The predicted molar refractivity (Wildman–Crippen MR) is 371 cm³/mol. The molecule has 0 saturated heterocycles. The van der Waals surface area contributed by atoms with Gasteiger partial charge < -0.3 is 0 Å². The van der Waals surface area contributed by atoms with Crippen LogP contribution < -0.4 is 0 Å². The van der Waals surface area contributed by atoms with Crippen LogP contribution in [0.1, 0.15) is 115 Å². The zero-order valence-corrected chi connectivity index (χ0v) is 52.4. The number of allylic oxidation sites excluding steroid dienone is 4. The Hall–Kier alpha value is -8.58. The first kappa shape index (κ1) is 67.7. The third-order valence-electron chi connectivity index (χ3n) is 13.6. The average Bonchev–Trinajstić information content (AvgIpc) is 3.63. The van der Waals surface area contributed by atoms with E-state index in [1.54, 1.807) is 0 Å². The lowest BCUT2D eigenvalue weighted by Gasteiger charge is -2.16. The summed E-state index contributed by atoms with van der Waals surface area (Å²) in [6.07, 6.45) is 4.98. The summed E-state index contributed by atoms with van der Waals surface area (Å²) in [5.41, 5.74) is 26.7. The van der Waals surface area contributed by atoms with Gasteiger partial charge in [0, 0.05) is 0 Å². The molecule has 10 aromatic carbocycles. The van der Waals surface area contributed by atoms with E-state index in [-0.39, 0.29) is 0 Å². The SMILES string of the molecule is C/C=C/C.C=C(C)c1cccc(-c2ccc(-c3ccccc3)cc2)c1.C=C(CC)c1cccc(-c2cccc(-c3ccccc3)c2)c1.CC.CC.CC.Cc1ccccc1.Cc1ccccc1-c1ccc(-c2ccccc2C)c(C)c1C. The first-order chi connectivity index (χ1) is 39.9. The minimum Gasteiger partial charge on any atom is -0.0955 e. The second kappa shape index (κ2) is 38.1. The van der Waals surface area contributed by atoms with Crippen molar-refractivity contribution in [2.45, 2.75) is 110 Å². The van der Waals surface area contributed by atoms with E-state index in [1.165, 1.54) is 111 Å². The van der Waals surface area contributed by atoms with Gasteiger partial charge in [0.2, 0.25) is 0 Å². The van der Waals surface area contributed by atoms with Crippen LogP contribution in [-0.2, 0) is 0 Å². The molecular formula is C82H94. The van der Waals surface area contributed by atoms with Crippen LogP contribution in [-0.4, -0.2) is 0 Å². The van der Waals surface area contributed by atoms with Gasteiger partial charge in [0.15, 0.2) is 0 Å². The molecule has 0 saturated carbocycles. The molecule has 10 rings (SSSR count). The summed E-state index contributed by atoms with van der Waals surface area (Å²) in [4.78, 5) is 0. The number of hydrogen-bond donors (Lipinski definition) is 0. The predicted octanol–water partition coefficient (Wildman–Crippen LogP) is 25.4. The highest BCUT2D eigenvalue weighted by atomic mass is 14.2. The lowest BCUT2D eigenvalue weighted by atomic mass is 9.88. The van der Waals surface area contributed by atoms with Gasteiger partial charge in [-0.1, -0.05) is 315 Å². The maximum Gasteiger partial charge on any atom is -0.0149 e. The highest BCUT2D eigenvalue weighted by Gasteiger charge is 2.12. The third-order valence-corrected chi connectivity index (χ3v) is 13.6. The van der Waals surface area contributed by atoms with Gasteiger partial charge in [0.05, 0.1) is 0 Å². The quantitative estimate of drug-likeness (QED) is 0.126. The molecule has 0 unspecified atom stereocenters. The summed E-state index contributed by atoms with van der Waals surface area (Å²) in [5.74, 6) is 0. The van der Waals surface area contributed by atoms with Gasteiger partial charge in [-0.25, -0.2) is 0 Å². The van der Waals surface area contributed by atoms with Crippen molar-refractivity contribution in [3.63, 3.8) is 0 Å². The maximum absolute atomic E-state index is 4.14. The fraction of sp³-hybridized carbons (Fsp3) is 0.195. The van der Waals surface area contributed by atoms with Crippen LogP contribution in [0, 0.1) is 34.6 Å². The molecule has 0 aliphatic heterocycles. The van der Waals surface area contributed by atoms with Gasteiger partial charge in [-0.2, -0.15) is 0 Å². The molecule has 0 radical (unpaired) electrons. The van der Waals surface area contributed by atoms with Crippen molar-refractivity contribution < 1.29 is 0 Å². The minimum absolute atomic E-state index is 0.980. The summed E-state index contributed by atoms with van der Waals surface area (Å²) in [6.45, 7) is 39.3. The molecule has 82 heavy (non-hydrogen) atoms. The second-order valence-corrected chi connectivity index (χ2v) is 19.2. The zero-order chi connectivity index (χ0) is 60.2. The Morgan fingerprint density at radius 2 is 0.622 bits per heavy atom. The lowest BCUT2D eigenvalue weighted by molar-refractivity contribution is 1.24. The van der Waals surface area contributed by atoms with Crippen molar-refractivity contribution >= 4 is 11.1 Å². The summed E-state index contributed by atoms with van der Waals surface area (Å²) in [7, 11) is 0. The monoisotopic (exact) mass is 1080 g/mol. The molecule has 0 atom stereocenters. The molecule has 0 N–H and O–H groups in total. The van der Waals surface area contributed by atoms with Crippen LogP contribution in [0.4, 0.5) is 0 Å². The fourth-order valence-corrected chi connectivity index (χ4v) is 8.77. The topological polar surface area (TPSA) is 0 Å². The van der Waals surface area contributed by atoms with Crippen molar-refractivity contribution in [1.82, 2.24) is 0 Å². The highest BCUT2D eigenvalue weighted by molar-refractivity contribution is 5.80. The highest BCUT2D eigenvalue weighted by Crippen LogP contribution is 2.35. The van der Waals surface area contributed by atoms with Crippen LogP contribution in [0.5, 0.6) is 0 Å². The largest absolute Gasteiger partial charge is 0.0955 e. The van der Waals surface area contributed by atoms with Gasteiger partial charge in [-0.15, -0.1) is 0 Å². The Labute approximate surface area is 498 Å². The minimum atomic E-state index is 0.980. The van der Waals surface area contributed by atoms with Gasteiger partial charge in [-0.3, -0.25) is 0 Å². The Bertz CT molecular complexity index is 3350. The Kier molecular flexibility index (Phi) is 31.5. The molecule has 0 aromatic heterocycles. The van der Waals surface area contributed by atoms with Crippen LogP contribution in [0.15, 0.2) is 274 Å². The summed E-state index contributed by atoms with van der Waals surface area (Å²) in [6, 6.07) is 87.6. The summed E-state index contributed by atoms with van der Waals surface area (Å²) < 4.78 is 0. The smallest absolute Gasteiger partial charge is 0.0149 e. The van der Waals surface area contributed by atoms with E-state index in [9.17, 15) is 0 Å². The Morgan fingerprint density at radius 3 is 1.01 bits per heavy atom. The molecular weight excluding hydrogens is 985 g/mol. The normalized spacial score (nSPS) is 9.74. The lowest BCUT2D eigenvalue weighted by Crippen LogP contribution is -1.94. The number of rotatable bonds is 9. The summed E-state index contributed by atoms with van der Waals surface area (Å²) in [5, 5.41) is 0. The third kappa shape index (κ3) is 21.1. The van der Waals surface area contributed by atoms with Crippen molar-refractivity contribution in [3.05, 3.63) is 313 Å². The number of aryl methyl sites for hydroxylation is 3. The molecule has 0 aliphatic rings.